The summed E-state index contributed by atoms with van der Waals surface area (Å²) in [5, 5.41) is 9.98. The molecule has 0 spiro atoms. The van der Waals surface area contributed by atoms with Gasteiger partial charge < -0.3 is 9.26 Å². The number of methoxy groups -OCH3 is 1. The molecule has 2 heterocycles. The number of nitrogens with one attached hydrogen (secondary N) is 1. The second-order valence-corrected chi connectivity index (χ2v) is 3.94. The maximum atomic E-state index is 11.6. The fourth-order valence-electron chi connectivity index (χ4n) is 1.77. The zero-order valence-electron chi connectivity index (χ0n) is 9.02. The fraction of sp³-hybridized carbons (Fsp3) is 0.400. The van der Waals surface area contributed by atoms with Crippen molar-refractivity contribution in [1.29, 1.82) is 0 Å². The molecule has 7 heteroatoms. The van der Waals surface area contributed by atoms with E-state index in [1.54, 1.807) is 0 Å². The standard InChI is InChI=1S/C10H9N3O4/c1-16-10(15)7-5-6(9(14)12-11-7)13-17-8(5)4-2-3-4/h4H,2-3H2,1H3,(H,12,14). The largest absolute Gasteiger partial charge is 0.464 e. The number of fused-ring (bicyclic) bond motifs is 1. The molecule has 0 unspecified atom stereocenters. The van der Waals surface area contributed by atoms with Crippen LogP contribution in [0.4, 0.5) is 0 Å². The van der Waals surface area contributed by atoms with Crippen LogP contribution >= 0.6 is 0 Å². The molecule has 0 radical (unpaired) electrons. The second kappa shape index (κ2) is 3.41. The van der Waals surface area contributed by atoms with Gasteiger partial charge >= 0.3 is 5.97 Å². The third-order valence-electron chi connectivity index (χ3n) is 2.77. The molecule has 2 aromatic rings. The van der Waals surface area contributed by atoms with Crippen molar-refractivity contribution in [3.63, 3.8) is 0 Å². The quantitative estimate of drug-likeness (QED) is 0.764. The molecular weight excluding hydrogens is 226 g/mol. The number of ether oxygens (including phenoxy) is 1. The van der Waals surface area contributed by atoms with E-state index in [2.05, 4.69) is 20.1 Å². The Morgan fingerprint density at radius 1 is 1.53 bits per heavy atom. The summed E-state index contributed by atoms with van der Waals surface area (Å²) in [4.78, 5) is 23.1. The number of H-pyrrole nitrogens is 1. The van der Waals surface area contributed by atoms with Gasteiger partial charge in [0.05, 0.1) is 12.5 Å². The molecule has 0 saturated heterocycles. The molecule has 1 aliphatic rings. The zero-order chi connectivity index (χ0) is 12.0. The fourth-order valence-corrected chi connectivity index (χ4v) is 1.77. The Labute approximate surface area is 94.7 Å². The van der Waals surface area contributed by atoms with Crippen molar-refractivity contribution in [2.75, 3.05) is 7.11 Å². The van der Waals surface area contributed by atoms with E-state index >= 15 is 0 Å². The molecular formula is C10H9N3O4. The van der Waals surface area contributed by atoms with Crippen molar-refractivity contribution >= 4 is 16.9 Å². The Morgan fingerprint density at radius 3 is 2.94 bits per heavy atom. The first kappa shape index (κ1) is 10.0. The van der Waals surface area contributed by atoms with Gasteiger partial charge in [0.25, 0.3) is 5.56 Å². The van der Waals surface area contributed by atoms with Gasteiger partial charge in [-0.25, -0.2) is 9.89 Å². The number of hydrogen-bond acceptors (Lipinski definition) is 6. The van der Waals surface area contributed by atoms with Crippen molar-refractivity contribution < 1.29 is 14.1 Å². The van der Waals surface area contributed by atoms with Gasteiger partial charge in [-0.05, 0) is 12.8 Å². The minimum Gasteiger partial charge on any atom is -0.464 e. The number of carbonyl (C=O) groups is 1. The van der Waals surface area contributed by atoms with Crippen molar-refractivity contribution in [2.24, 2.45) is 0 Å². The summed E-state index contributed by atoms with van der Waals surface area (Å²) in [6, 6.07) is 0. The van der Waals surface area contributed by atoms with E-state index in [-0.39, 0.29) is 17.1 Å². The van der Waals surface area contributed by atoms with Crippen LogP contribution in [0.15, 0.2) is 9.32 Å². The lowest BCUT2D eigenvalue weighted by Gasteiger charge is -1.99. The van der Waals surface area contributed by atoms with Gasteiger partial charge in [0.2, 0.25) is 0 Å². The average Bonchev–Trinajstić information content (AvgIpc) is 3.08. The highest BCUT2D eigenvalue weighted by Crippen LogP contribution is 2.43. The Bertz CT molecular complexity index is 653. The van der Waals surface area contributed by atoms with E-state index in [1.165, 1.54) is 7.11 Å². The van der Waals surface area contributed by atoms with Crippen LogP contribution in [0.3, 0.4) is 0 Å². The van der Waals surface area contributed by atoms with E-state index in [0.29, 0.717) is 11.1 Å². The van der Waals surface area contributed by atoms with E-state index in [1.807, 2.05) is 0 Å². The molecule has 0 aromatic carbocycles. The highest BCUT2D eigenvalue weighted by atomic mass is 16.5. The number of hydrogen-bond donors (Lipinski definition) is 1. The molecule has 88 valence electrons. The summed E-state index contributed by atoms with van der Waals surface area (Å²) < 4.78 is 9.75. The molecule has 0 amide bonds. The smallest absolute Gasteiger partial charge is 0.359 e. The van der Waals surface area contributed by atoms with Gasteiger partial charge in [0.1, 0.15) is 5.76 Å². The zero-order valence-corrected chi connectivity index (χ0v) is 9.02. The molecule has 7 nitrogen and oxygen atoms in total. The van der Waals surface area contributed by atoms with Crippen LogP contribution in [0.5, 0.6) is 0 Å². The first-order valence-electron chi connectivity index (χ1n) is 5.18. The van der Waals surface area contributed by atoms with Crippen molar-refractivity contribution in [3.8, 4) is 0 Å². The molecule has 1 fully saturated rings. The molecule has 0 bridgehead atoms. The Kier molecular flexibility index (Phi) is 2.01. The van der Waals surface area contributed by atoms with E-state index < -0.39 is 11.5 Å². The van der Waals surface area contributed by atoms with Crippen molar-refractivity contribution in [3.05, 3.63) is 21.8 Å². The van der Waals surface area contributed by atoms with E-state index in [0.717, 1.165) is 12.8 Å². The number of aromatic amines is 1. The number of rotatable bonds is 2. The Morgan fingerprint density at radius 2 is 2.29 bits per heavy atom. The Hall–Kier alpha value is -2.18. The molecule has 1 aliphatic carbocycles. The lowest BCUT2D eigenvalue weighted by atomic mass is 10.1. The highest BCUT2D eigenvalue weighted by molar-refractivity contribution is 6.02. The predicted molar refractivity (Wildman–Crippen MR) is 55.7 cm³/mol. The molecule has 0 atom stereocenters. The van der Waals surface area contributed by atoms with E-state index in [9.17, 15) is 9.59 Å². The molecule has 2 aromatic heterocycles. The number of nitrogens with zero attached hydrogens (tertiary/aromatic N) is 2. The summed E-state index contributed by atoms with van der Waals surface area (Å²) in [7, 11) is 1.26. The van der Waals surface area contributed by atoms with Crippen LogP contribution in [0.1, 0.15) is 35.0 Å². The lowest BCUT2D eigenvalue weighted by molar-refractivity contribution is 0.0595. The third kappa shape index (κ3) is 1.42. The molecule has 1 saturated carbocycles. The maximum absolute atomic E-state index is 11.6. The molecule has 1 N–H and O–H groups in total. The van der Waals surface area contributed by atoms with Gasteiger partial charge in [-0.1, -0.05) is 5.16 Å². The monoisotopic (exact) mass is 235 g/mol. The Balaban J connectivity index is 2.34. The van der Waals surface area contributed by atoms with Crippen LogP contribution in [-0.4, -0.2) is 28.4 Å². The predicted octanol–water partition coefficient (Wildman–Crippen LogP) is 0.575. The topological polar surface area (TPSA) is 98.1 Å². The highest BCUT2D eigenvalue weighted by Gasteiger charge is 2.33. The number of carbonyl (C=O) groups excluding carboxylic acids is 1. The van der Waals surface area contributed by atoms with E-state index in [4.69, 9.17) is 4.52 Å². The minimum absolute atomic E-state index is 0.0465. The molecule has 3 rings (SSSR count). The summed E-state index contributed by atoms with van der Waals surface area (Å²) in [6.07, 6.45) is 1.94. The SMILES string of the molecule is COC(=O)c1n[nH]c(=O)c2noc(C3CC3)c12. The van der Waals surface area contributed by atoms with Crippen molar-refractivity contribution in [2.45, 2.75) is 18.8 Å². The van der Waals surface area contributed by atoms with Crippen LogP contribution in [-0.2, 0) is 4.74 Å². The van der Waals surface area contributed by atoms with Gasteiger partial charge in [-0.15, -0.1) is 0 Å². The van der Waals surface area contributed by atoms with Gasteiger partial charge in [0.15, 0.2) is 11.2 Å². The number of aromatic nitrogens is 3. The van der Waals surface area contributed by atoms with Crippen LogP contribution in [0.2, 0.25) is 0 Å². The summed E-state index contributed by atoms with van der Waals surface area (Å²) in [5.74, 6) is 0.169. The first-order valence-corrected chi connectivity index (χ1v) is 5.18. The van der Waals surface area contributed by atoms with Crippen molar-refractivity contribution in [1.82, 2.24) is 15.4 Å². The van der Waals surface area contributed by atoms with Gasteiger partial charge in [-0.2, -0.15) is 5.10 Å². The first-order chi connectivity index (χ1) is 8.22. The summed E-state index contributed by atoms with van der Waals surface area (Å²) >= 11 is 0. The second-order valence-electron chi connectivity index (χ2n) is 3.94. The lowest BCUT2D eigenvalue weighted by Crippen LogP contribution is -2.15. The van der Waals surface area contributed by atoms with Gasteiger partial charge in [-0.3, -0.25) is 4.79 Å². The third-order valence-corrected chi connectivity index (χ3v) is 2.77. The summed E-state index contributed by atoms with van der Waals surface area (Å²) in [5.41, 5.74) is -0.323. The minimum atomic E-state index is -0.614. The molecule has 0 aliphatic heterocycles. The number of esters is 1. The van der Waals surface area contributed by atoms with Crippen LogP contribution in [0, 0.1) is 0 Å². The average molecular weight is 235 g/mol. The molecule has 17 heavy (non-hydrogen) atoms. The maximum Gasteiger partial charge on any atom is 0.359 e. The normalized spacial score (nSPS) is 15.1. The van der Waals surface area contributed by atoms with Crippen LogP contribution in [0.25, 0.3) is 10.9 Å². The van der Waals surface area contributed by atoms with Crippen LogP contribution < -0.4 is 5.56 Å². The van der Waals surface area contributed by atoms with Gasteiger partial charge in [0, 0.05) is 5.92 Å². The summed E-state index contributed by atoms with van der Waals surface area (Å²) in [6.45, 7) is 0.